The summed E-state index contributed by atoms with van der Waals surface area (Å²) in [5.41, 5.74) is 1.03. The molecule has 0 aliphatic carbocycles. The van der Waals surface area contributed by atoms with E-state index in [1.54, 1.807) is 0 Å². The van der Waals surface area contributed by atoms with Crippen molar-refractivity contribution in [2.75, 3.05) is 31.1 Å². The lowest BCUT2D eigenvalue weighted by molar-refractivity contribution is 0.229. The third-order valence-corrected chi connectivity index (χ3v) is 4.50. The molecule has 1 aliphatic rings. The molecule has 0 saturated carbocycles. The average molecular weight is 340 g/mol. The van der Waals surface area contributed by atoms with E-state index in [0.717, 1.165) is 36.6 Å². The molecular weight excluding hydrogens is 314 g/mol. The van der Waals surface area contributed by atoms with E-state index in [1.165, 1.54) is 0 Å². The van der Waals surface area contributed by atoms with Gasteiger partial charge in [-0.1, -0.05) is 30.7 Å². The van der Waals surface area contributed by atoms with E-state index in [0.29, 0.717) is 13.0 Å². The zero-order valence-corrected chi connectivity index (χ0v) is 14.4. The number of aliphatic hydroxyl groups is 1. The first kappa shape index (κ1) is 17.9. The van der Waals surface area contributed by atoms with Gasteiger partial charge in [0.1, 0.15) is 0 Å². The molecule has 2 rings (SSSR count). The number of urea groups is 1. The summed E-state index contributed by atoms with van der Waals surface area (Å²) in [7, 11) is 0. The van der Waals surface area contributed by atoms with E-state index < -0.39 is 0 Å². The molecular formula is C17H26ClN3O2. The highest BCUT2D eigenvalue weighted by Gasteiger charge is 2.22. The number of halogens is 1. The van der Waals surface area contributed by atoms with Crippen LogP contribution >= 0.6 is 11.6 Å². The van der Waals surface area contributed by atoms with Crippen LogP contribution in [-0.2, 0) is 0 Å². The maximum absolute atomic E-state index is 12.0. The fourth-order valence-corrected chi connectivity index (χ4v) is 3.10. The normalized spacial score (nSPS) is 19.3. The van der Waals surface area contributed by atoms with Crippen LogP contribution in [0.3, 0.4) is 0 Å². The molecule has 1 aromatic carbocycles. The number of carbonyl (C=O) groups excluding carboxylic acids is 1. The van der Waals surface area contributed by atoms with Crippen LogP contribution < -0.4 is 15.5 Å². The summed E-state index contributed by atoms with van der Waals surface area (Å²) in [6, 6.07) is 7.79. The topological polar surface area (TPSA) is 64.6 Å². The van der Waals surface area contributed by atoms with E-state index in [2.05, 4.69) is 15.5 Å². The monoisotopic (exact) mass is 339 g/mol. The van der Waals surface area contributed by atoms with Gasteiger partial charge in [-0.25, -0.2) is 4.79 Å². The van der Waals surface area contributed by atoms with Crippen LogP contribution in [0.25, 0.3) is 0 Å². The first-order valence-corrected chi connectivity index (χ1v) is 8.62. The molecule has 0 spiro atoms. The summed E-state index contributed by atoms with van der Waals surface area (Å²) in [4.78, 5) is 14.2. The molecule has 5 nitrogen and oxygen atoms in total. The number of piperidine rings is 1. The van der Waals surface area contributed by atoms with Gasteiger partial charge in [0.2, 0.25) is 0 Å². The van der Waals surface area contributed by atoms with Gasteiger partial charge in [0.25, 0.3) is 0 Å². The Labute approximate surface area is 143 Å². The van der Waals surface area contributed by atoms with E-state index >= 15 is 0 Å². The van der Waals surface area contributed by atoms with Crippen LogP contribution in [0.2, 0.25) is 5.02 Å². The minimum absolute atomic E-state index is 0.119. The average Bonchev–Trinajstić information content (AvgIpc) is 2.54. The van der Waals surface area contributed by atoms with Gasteiger partial charge in [-0.2, -0.15) is 0 Å². The fraction of sp³-hybridized carbons (Fsp3) is 0.588. The Balaban J connectivity index is 1.82. The van der Waals surface area contributed by atoms with Crippen molar-refractivity contribution >= 4 is 23.3 Å². The molecule has 128 valence electrons. The largest absolute Gasteiger partial charge is 0.396 e. The fourth-order valence-electron chi connectivity index (χ4n) is 2.85. The Bertz CT molecular complexity index is 512. The number of rotatable bonds is 6. The summed E-state index contributed by atoms with van der Waals surface area (Å²) < 4.78 is 0. The van der Waals surface area contributed by atoms with Crippen LogP contribution in [0, 0.1) is 5.92 Å². The number of para-hydroxylation sites is 1. The van der Waals surface area contributed by atoms with Gasteiger partial charge in [-0.15, -0.1) is 0 Å². The van der Waals surface area contributed by atoms with Crippen molar-refractivity contribution in [2.24, 2.45) is 5.92 Å². The number of nitrogens with one attached hydrogen (secondary N) is 2. The van der Waals surface area contributed by atoms with Gasteiger partial charge >= 0.3 is 6.03 Å². The van der Waals surface area contributed by atoms with Crippen molar-refractivity contribution in [1.29, 1.82) is 0 Å². The van der Waals surface area contributed by atoms with Crippen LogP contribution in [0.4, 0.5) is 10.5 Å². The molecule has 3 N–H and O–H groups in total. The van der Waals surface area contributed by atoms with Crippen molar-refractivity contribution in [3.63, 3.8) is 0 Å². The van der Waals surface area contributed by atoms with E-state index in [-0.39, 0.29) is 24.6 Å². The molecule has 0 aromatic heterocycles. The van der Waals surface area contributed by atoms with Gasteiger partial charge in [-0.05, 0) is 37.3 Å². The number of anilines is 1. The zero-order chi connectivity index (χ0) is 16.7. The third kappa shape index (κ3) is 5.59. The predicted octanol–water partition coefficient (Wildman–Crippen LogP) is 2.63. The first-order chi connectivity index (χ1) is 11.1. The van der Waals surface area contributed by atoms with Crippen LogP contribution in [-0.4, -0.2) is 43.4 Å². The van der Waals surface area contributed by atoms with Gasteiger partial charge in [0.05, 0.1) is 10.7 Å². The van der Waals surface area contributed by atoms with Crippen molar-refractivity contribution in [3.05, 3.63) is 29.3 Å². The first-order valence-electron chi connectivity index (χ1n) is 8.25. The minimum atomic E-state index is -0.138. The number of hydrogen-bond donors (Lipinski definition) is 3. The van der Waals surface area contributed by atoms with Gasteiger partial charge in [0.15, 0.2) is 0 Å². The standard InChI is InChI=1S/C17H26ClN3O2/c1-13(8-10-22)11-19-17(23)20-14-5-4-9-21(12-14)16-7-3-2-6-15(16)18/h2-3,6-7,13-14,22H,4-5,8-12H2,1H3,(H2,19,20,23). The highest BCUT2D eigenvalue weighted by Crippen LogP contribution is 2.27. The Kier molecular flexibility index (Phi) is 6.99. The smallest absolute Gasteiger partial charge is 0.315 e. The second kappa shape index (κ2) is 8.99. The predicted molar refractivity (Wildman–Crippen MR) is 94.1 cm³/mol. The summed E-state index contributed by atoms with van der Waals surface area (Å²) >= 11 is 6.26. The maximum atomic E-state index is 12.0. The summed E-state index contributed by atoms with van der Waals surface area (Å²) in [5.74, 6) is 0.275. The van der Waals surface area contributed by atoms with Gasteiger partial charge in [-0.3, -0.25) is 0 Å². The molecule has 6 heteroatoms. The van der Waals surface area contributed by atoms with Crippen molar-refractivity contribution in [3.8, 4) is 0 Å². The zero-order valence-electron chi connectivity index (χ0n) is 13.6. The molecule has 1 heterocycles. The number of nitrogens with zero attached hydrogens (tertiary/aromatic N) is 1. The molecule has 2 unspecified atom stereocenters. The van der Waals surface area contributed by atoms with Crippen LogP contribution in [0.1, 0.15) is 26.2 Å². The molecule has 0 bridgehead atoms. The summed E-state index contributed by atoms with van der Waals surface area (Å²) in [5, 5.41) is 15.5. The molecule has 23 heavy (non-hydrogen) atoms. The second-order valence-corrected chi connectivity index (χ2v) is 6.62. The van der Waals surface area contributed by atoms with Gasteiger partial charge < -0.3 is 20.6 Å². The molecule has 1 saturated heterocycles. The quantitative estimate of drug-likeness (QED) is 0.746. The number of amides is 2. The molecule has 1 aromatic rings. The van der Waals surface area contributed by atoms with Crippen LogP contribution in [0.5, 0.6) is 0 Å². The lowest BCUT2D eigenvalue weighted by Gasteiger charge is -2.35. The van der Waals surface area contributed by atoms with Gasteiger partial charge in [0, 0.05) is 32.3 Å². The molecule has 0 radical (unpaired) electrons. The highest BCUT2D eigenvalue weighted by molar-refractivity contribution is 6.33. The Morgan fingerprint density at radius 1 is 1.48 bits per heavy atom. The molecule has 1 fully saturated rings. The molecule has 2 amide bonds. The minimum Gasteiger partial charge on any atom is -0.396 e. The highest BCUT2D eigenvalue weighted by atomic mass is 35.5. The summed E-state index contributed by atoms with van der Waals surface area (Å²) in [6.45, 7) is 4.46. The lowest BCUT2D eigenvalue weighted by atomic mass is 10.0. The number of benzene rings is 1. The lowest BCUT2D eigenvalue weighted by Crippen LogP contribution is -2.51. The maximum Gasteiger partial charge on any atom is 0.315 e. The van der Waals surface area contributed by atoms with E-state index in [9.17, 15) is 4.79 Å². The van der Waals surface area contributed by atoms with Crippen molar-refractivity contribution in [2.45, 2.75) is 32.2 Å². The molecule has 1 aliphatic heterocycles. The van der Waals surface area contributed by atoms with E-state index in [4.69, 9.17) is 16.7 Å². The second-order valence-electron chi connectivity index (χ2n) is 6.21. The van der Waals surface area contributed by atoms with E-state index in [1.807, 2.05) is 31.2 Å². The number of hydrogen-bond acceptors (Lipinski definition) is 3. The Morgan fingerprint density at radius 3 is 3.00 bits per heavy atom. The SMILES string of the molecule is CC(CCO)CNC(=O)NC1CCCN(c2ccccc2Cl)C1. The van der Waals surface area contributed by atoms with Crippen molar-refractivity contribution < 1.29 is 9.90 Å². The Hall–Kier alpha value is -1.46. The summed E-state index contributed by atoms with van der Waals surface area (Å²) in [6.07, 6.45) is 2.70. The third-order valence-electron chi connectivity index (χ3n) is 4.18. The number of aliphatic hydroxyl groups excluding tert-OH is 1. The van der Waals surface area contributed by atoms with Crippen LogP contribution in [0.15, 0.2) is 24.3 Å². The number of carbonyl (C=O) groups is 1. The molecule has 2 atom stereocenters. The van der Waals surface area contributed by atoms with Crippen molar-refractivity contribution in [1.82, 2.24) is 10.6 Å². The Morgan fingerprint density at radius 2 is 2.26 bits per heavy atom.